The zero-order valence-electron chi connectivity index (χ0n) is 8.04. The number of aldehydes is 1. The number of aromatic nitrogens is 1. The molecule has 1 heterocycles. The number of carbonyl (C=O) groups is 1. The van der Waals surface area contributed by atoms with Gasteiger partial charge in [-0.1, -0.05) is 0 Å². The highest BCUT2D eigenvalue weighted by Crippen LogP contribution is 2.02. The van der Waals surface area contributed by atoms with Crippen molar-refractivity contribution in [3.63, 3.8) is 0 Å². The summed E-state index contributed by atoms with van der Waals surface area (Å²) in [5.74, 6) is 0. The topological polar surface area (TPSA) is 59.2 Å². The second kappa shape index (κ2) is 7.46. The molecule has 1 aromatic heterocycles. The molecule has 78 valence electrons. The molecular weight excluding hydrogens is 250 g/mol. The van der Waals surface area contributed by atoms with Crippen molar-refractivity contribution in [3.05, 3.63) is 32.7 Å². The van der Waals surface area contributed by atoms with E-state index in [1.807, 2.05) is 6.92 Å². The van der Waals surface area contributed by atoms with Crippen molar-refractivity contribution in [2.75, 3.05) is 13.7 Å². The summed E-state index contributed by atoms with van der Waals surface area (Å²) >= 11 is 2.98. The van der Waals surface area contributed by atoms with Crippen LogP contribution in [0.3, 0.4) is 0 Å². The molecule has 0 radical (unpaired) electrons. The molecule has 5 heteroatoms. The van der Waals surface area contributed by atoms with Crippen LogP contribution in [0.5, 0.6) is 0 Å². The highest BCUT2D eigenvalue weighted by Gasteiger charge is 1.94. The molecule has 0 aliphatic heterocycles. The first kappa shape index (κ1) is 13.1. The summed E-state index contributed by atoms with van der Waals surface area (Å²) in [4.78, 5) is 23.2. The Morgan fingerprint density at radius 2 is 2.21 bits per heavy atom. The Kier molecular flexibility index (Phi) is 6.96. The number of methoxy groups -OCH3 is 1. The summed E-state index contributed by atoms with van der Waals surface area (Å²) in [7, 11) is 1.68. The predicted molar refractivity (Wildman–Crippen MR) is 57.7 cm³/mol. The minimum absolute atomic E-state index is 0.231. The largest absolute Gasteiger partial charge is 0.385 e. The molecule has 0 saturated carbocycles. The summed E-state index contributed by atoms with van der Waals surface area (Å²) in [6.07, 6.45) is 2.03. The lowest BCUT2D eigenvalue weighted by atomic mass is 10.3. The molecule has 0 spiro atoms. The fourth-order valence-corrected chi connectivity index (χ4v) is 0.918. The van der Waals surface area contributed by atoms with E-state index in [2.05, 4.69) is 25.7 Å². The van der Waals surface area contributed by atoms with Gasteiger partial charge in [0.15, 0.2) is 6.29 Å². The lowest BCUT2D eigenvalue weighted by Gasteiger charge is -1.88. The van der Waals surface area contributed by atoms with Crippen LogP contribution in [-0.4, -0.2) is 25.0 Å². The highest BCUT2D eigenvalue weighted by atomic mass is 79.9. The summed E-state index contributed by atoms with van der Waals surface area (Å²) in [5.41, 5.74) is 0.220. The number of rotatable bonds is 2. The van der Waals surface area contributed by atoms with Gasteiger partial charge in [-0.25, -0.2) is 0 Å². The van der Waals surface area contributed by atoms with Crippen LogP contribution in [0.25, 0.3) is 0 Å². The van der Waals surface area contributed by atoms with Crippen LogP contribution in [-0.2, 0) is 4.74 Å². The molecule has 0 aliphatic rings. The number of ether oxygens (including phenoxy) is 1. The van der Waals surface area contributed by atoms with Gasteiger partial charge < -0.3 is 9.72 Å². The van der Waals surface area contributed by atoms with Gasteiger partial charge >= 0.3 is 0 Å². The maximum atomic E-state index is 10.7. The Hall–Kier alpha value is -0.940. The first-order valence-electron chi connectivity index (χ1n) is 3.98. The quantitative estimate of drug-likeness (QED) is 0.823. The minimum atomic E-state index is -0.231. The number of pyridine rings is 1. The van der Waals surface area contributed by atoms with E-state index in [0.717, 1.165) is 6.61 Å². The number of H-pyrrole nitrogens is 1. The second-order valence-corrected chi connectivity index (χ2v) is 3.16. The number of hydrogen-bond acceptors (Lipinski definition) is 3. The van der Waals surface area contributed by atoms with Gasteiger partial charge in [-0.15, -0.1) is 0 Å². The minimum Gasteiger partial charge on any atom is -0.385 e. The molecule has 0 unspecified atom stereocenters. The normalized spacial score (nSPS) is 8.79. The fraction of sp³-hybridized carbons (Fsp3) is 0.333. The van der Waals surface area contributed by atoms with Crippen molar-refractivity contribution in [2.45, 2.75) is 6.92 Å². The molecule has 0 fully saturated rings. The molecular formula is C9H12BrNO3. The van der Waals surface area contributed by atoms with E-state index in [-0.39, 0.29) is 5.56 Å². The number of hydrogen-bond donors (Lipinski definition) is 1. The lowest BCUT2D eigenvalue weighted by Crippen LogP contribution is -2.05. The Labute approximate surface area is 90.4 Å². The van der Waals surface area contributed by atoms with E-state index >= 15 is 0 Å². The molecule has 4 nitrogen and oxygen atoms in total. The number of halogens is 1. The van der Waals surface area contributed by atoms with E-state index in [1.54, 1.807) is 7.11 Å². The van der Waals surface area contributed by atoms with E-state index in [1.165, 1.54) is 12.3 Å². The predicted octanol–water partition coefficient (Wildman–Crippen LogP) is 1.60. The summed E-state index contributed by atoms with van der Waals surface area (Å²) < 4.78 is 4.91. The van der Waals surface area contributed by atoms with Crippen LogP contribution in [0.15, 0.2) is 21.5 Å². The number of nitrogens with one attached hydrogen (secondary N) is 1. The zero-order chi connectivity index (χ0) is 11.0. The molecule has 1 aromatic rings. The van der Waals surface area contributed by atoms with Crippen molar-refractivity contribution >= 4 is 22.2 Å². The third kappa shape index (κ3) is 4.94. The third-order valence-electron chi connectivity index (χ3n) is 1.30. The van der Waals surface area contributed by atoms with Crippen molar-refractivity contribution < 1.29 is 9.53 Å². The molecule has 14 heavy (non-hydrogen) atoms. The maximum absolute atomic E-state index is 10.7. The first-order chi connectivity index (χ1) is 6.65. The highest BCUT2D eigenvalue weighted by molar-refractivity contribution is 9.10. The van der Waals surface area contributed by atoms with Gasteiger partial charge in [0.2, 0.25) is 0 Å². The van der Waals surface area contributed by atoms with Crippen LogP contribution < -0.4 is 5.56 Å². The van der Waals surface area contributed by atoms with Crippen LogP contribution in [0.4, 0.5) is 0 Å². The van der Waals surface area contributed by atoms with Crippen molar-refractivity contribution in [1.29, 1.82) is 0 Å². The first-order valence-corrected chi connectivity index (χ1v) is 4.77. The van der Waals surface area contributed by atoms with E-state index in [9.17, 15) is 9.59 Å². The van der Waals surface area contributed by atoms with Gasteiger partial charge in [-0.05, 0) is 28.9 Å². The zero-order valence-corrected chi connectivity index (χ0v) is 9.63. The monoisotopic (exact) mass is 261 g/mol. The van der Waals surface area contributed by atoms with E-state index in [4.69, 9.17) is 0 Å². The van der Waals surface area contributed by atoms with Gasteiger partial charge in [0, 0.05) is 25.5 Å². The Bertz CT molecular complexity index is 333. The second-order valence-electron chi connectivity index (χ2n) is 2.31. The number of carbonyl (C=O) groups excluding carboxylic acids is 1. The van der Waals surface area contributed by atoms with Crippen LogP contribution in [0, 0.1) is 0 Å². The van der Waals surface area contributed by atoms with Gasteiger partial charge in [-0.2, -0.15) is 0 Å². The molecule has 1 rings (SSSR count). The molecule has 0 aromatic carbocycles. The molecule has 0 bridgehead atoms. The SMILES string of the molecule is CCOC.O=Cc1c[nH]c(=O)c(Br)c1. The van der Waals surface area contributed by atoms with Crippen molar-refractivity contribution in [1.82, 2.24) is 4.98 Å². The smallest absolute Gasteiger partial charge is 0.262 e. The average molecular weight is 262 g/mol. The fourth-order valence-electron chi connectivity index (χ4n) is 0.539. The standard InChI is InChI=1S/C6H4BrNO2.C3H8O/c7-5-1-4(3-9)2-8-6(5)10;1-3-4-2/h1-3H,(H,8,10);3H2,1-2H3. The van der Waals surface area contributed by atoms with Crippen molar-refractivity contribution in [3.8, 4) is 0 Å². The summed E-state index contributed by atoms with van der Waals surface area (Å²) in [5, 5.41) is 0. The molecule has 1 N–H and O–H groups in total. The van der Waals surface area contributed by atoms with Crippen LogP contribution in [0.2, 0.25) is 0 Å². The molecule has 0 saturated heterocycles. The van der Waals surface area contributed by atoms with Crippen LogP contribution >= 0.6 is 15.9 Å². The van der Waals surface area contributed by atoms with Crippen LogP contribution in [0.1, 0.15) is 17.3 Å². The van der Waals surface area contributed by atoms with Gasteiger partial charge in [-0.3, -0.25) is 9.59 Å². The number of aromatic amines is 1. The summed E-state index contributed by atoms with van der Waals surface area (Å²) in [6, 6.07) is 1.46. The van der Waals surface area contributed by atoms with E-state index in [0.29, 0.717) is 16.3 Å². The lowest BCUT2D eigenvalue weighted by molar-refractivity contribution is 0.112. The molecule has 0 amide bonds. The summed E-state index contributed by atoms with van der Waals surface area (Å²) in [6.45, 7) is 2.78. The van der Waals surface area contributed by atoms with Gasteiger partial charge in [0.25, 0.3) is 5.56 Å². The van der Waals surface area contributed by atoms with Gasteiger partial charge in [0.05, 0.1) is 4.47 Å². The molecule has 0 aliphatic carbocycles. The average Bonchev–Trinajstić information content (AvgIpc) is 2.22. The Balaban J connectivity index is 0.000000364. The third-order valence-corrected chi connectivity index (χ3v) is 1.89. The maximum Gasteiger partial charge on any atom is 0.262 e. The Morgan fingerprint density at radius 1 is 1.64 bits per heavy atom. The Morgan fingerprint density at radius 3 is 2.57 bits per heavy atom. The molecule has 0 atom stereocenters. The van der Waals surface area contributed by atoms with Gasteiger partial charge in [0.1, 0.15) is 0 Å². The van der Waals surface area contributed by atoms with Crippen molar-refractivity contribution in [2.24, 2.45) is 0 Å². The van der Waals surface area contributed by atoms with E-state index < -0.39 is 0 Å².